The minimum Gasteiger partial charge on any atom is -0.496 e. The molecule has 0 saturated heterocycles. The Morgan fingerprint density at radius 2 is 1.73 bits per heavy atom. The van der Waals surface area contributed by atoms with E-state index in [2.05, 4.69) is 0 Å². The molecule has 0 aliphatic heterocycles. The molecule has 0 bridgehead atoms. The first kappa shape index (κ1) is 21.3. The Morgan fingerprint density at radius 3 is 2.43 bits per heavy atom. The summed E-state index contributed by atoms with van der Waals surface area (Å²) in [5.41, 5.74) is 3.71. The maximum atomic E-state index is 13.2. The third-order valence-corrected chi connectivity index (χ3v) is 4.97. The lowest BCUT2D eigenvalue weighted by Crippen LogP contribution is -2.15. The Hall–Kier alpha value is -3.41. The first-order valence-electron chi connectivity index (χ1n) is 9.66. The van der Waals surface area contributed by atoms with Gasteiger partial charge in [-0.3, -0.25) is 9.59 Å². The molecular formula is C24H24FNO4. The van der Waals surface area contributed by atoms with Gasteiger partial charge in [-0.25, -0.2) is 4.39 Å². The summed E-state index contributed by atoms with van der Waals surface area (Å²) in [6.07, 6.45) is 0.623. The molecule has 30 heavy (non-hydrogen) atoms. The lowest BCUT2D eigenvalue weighted by Gasteiger charge is -2.10. The molecule has 0 unspecified atom stereocenters. The number of hydrogen-bond acceptors (Lipinski definition) is 4. The number of Topliss-reactive ketones (excluding diaryl/α,β-unsaturated/α-hetero) is 1. The average molecular weight is 409 g/mol. The van der Waals surface area contributed by atoms with Crippen molar-refractivity contribution in [1.82, 2.24) is 4.57 Å². The Morgan fingerprint density at radius 1 is 1.03 bits per heavy atom. The van der Waals surface area contributed by atoms with E-state index in [1.54, 1.807) is 25.3 Å². The van der Waals surface area contributed by atoms with Crippen molar-refractivity contribution in [1.29, 1.82) is 0 Å². The van der Waals surface area contributed by atoms with Gasteiger partial charge in [0.25, 0.3) is 0 Å². The van der Waals surface area contributed by atoms with Gasteiger partial charge in [-0.05, 0) is 62.2 Å². The summed E-state index contributed by atoms with van der Waals surface area (Å²) in [6.45, 7) is 3.36. The maximum Gasteiger partial charge on any atom is 0.306 e. The number of esters is 1. The van der Waals surface area contributed by atoms with E-state index in [1.165, 1.54) is 12.1 Å². The fraction of sp³-hybridized carbons (Fsp3) is 0.250. The number of benzene rings is 2. The topological polar surface area (TPSA) is 57.5 Å². The van der Waals surface area contributed by atoms with E-state index >= 15 is 0 Å². The number of para-hydroxylation sites is 1. The van der Waals surface area contributed by atoms with E-state index in [0.717, 1.165) is 22.7 Å². The minimum absolute atomic E-state index is 0.155. The third kappa shape index (κ3) is 4.76. The number of hydrogen-bond donors (Lipinski definition) is 0. The minimum atomic E-state index is -0.443. The molecule has 2 aromatic carbocycles. The molecule has 3 rings (SSSR count). The summed E-state index contributed by atoms with van der Waals surface area (Å²) in [6, 6.07) is 15.3. The van der Waals surface area contributed by atoms with Gasteiger partial charge in [-0.15, -0.1) is 0 Å². The zero-order valence-electron chi connectivity index (χ0n) is 17.3. The second-order valence-corrected chi connectivity index (χ2v) is 6.99. The molecule has 0 saturated carbocycles. The van der Waals surface area contributed by atoms with Crippen LogP contribution >= 0.6 is 0 Å². The summed E-state index contributed by atoms with van der Waals surface area (Å²) in [5.74, 6) is -0.323. The van der Waals surface area contributed by atoms with E-state index < -0.39 is 5.97 Å². The normalized spacial score (nSPS) is 10.7. The lowest BCUT2D eigenvalue weighted by molar-refractivity contribution is -0.142. The number of ketones is 1. The van der Waals surface area contributed by atoms with Crippen molar-refractivity contribution >= 4 is 11.8 Å². The zero-order chi connectivity index (χ0) is 21.7. The molecule has 156 valence electrons. The van der Waals surface area contributed by atoms with Gasteiger partial charge in [0.15, 0.2) is 6.61 Å². The molecule has 0 atom stereocenters. The largest absolute Gasteiger partial charge is 0.496 e. The summed E-state index contributed by atoms with van der Waals surface area (Å²) >= 11 is 0. The van der Waals surface area contributed by atoms with Gasteiger partial charge in [0.05, 0.1) is 7.11 Å². The summed E-state index contributed by atoms with van der Waals surface area (Å²) in [5, 5.41) is 0. The molecule has 1 aromatic heterocycles. The number of aryl methyl sites for hydroxylation is 2. The van der Waals surface area contributed by atoms with Crippen molar-refractivity contribution in [3.8, 4) is 11.4 Å². The number of halogens is 1. The molecule has 1 heterocycles. The van der Waals surface area contributed by atoms with Gasteiger partial charge < -0.3 is 14.0 Å². The van der Waals surface area contributed by atoms with E-state index in [4.69, 9.17) is 9.47 Å². The van der Waals surface area contributed by atoms with Crippen LogP contribution in [-0.4, -0.2) is 30.0 Å². The highest BCUT2D eigenvalue weighted by Gasteiger charge is 2.18. The standard InChI is InChI=1S/C24H24FNO4/c1-16-14-21(17(2)26(16)20-11-9-19(25)10-12-20)22(27)15-30-24(28)13-8-18-6-4-5-7-23(18)29-3/h4-7,9-12,14H,8,13,15H2,1-3H3. The molecule has 0 aliphatic rings. The van der Waals surface area contributed by atoms with Gasteiger partial charge in [0, 0.05) is 29.1 Å². The van der Waals surface area contributed by atoms with E-state index in [1.807, 2.05) is 42.7 Å². The highest BCUT2D eigenvalue weighted by atomic mass is 19.1. The fourth-order valence-electron chi connectivity index (χ4n) is 3.47. The third-order valence-electron chi connectivity index (χ3n) is 4.97. The van der Waals surface area contributed by atoms with Crippen molar-refractivity contribution in [3.63, 3.8) is 0 Å². The Balaban J connectivity index is 1.62. The van der Waals surface area contributed by atoms with Crippen LogP contribution in [0.5, 0.6) is 5.75 Å². The summed E-state index contributed by atoms with van der Waals surface area (Å²) in [4.78, 5) is 24.7. The van der Waals surface area contributed by atoms with E-state index in [9.17, 15) is 14.0 Å². The first-order valence-corrected chi connectivity index (χ1v) is 9.66. The molecule has 0 fully saturated rings. The van der Waals surface area contributed by atoms with Crippen molar-refractivity contribution < 1.29 is 23.5 Å². The van der Waals surface area contributed by atoms with Crippen LogP contribution in [0.1, 0.15) is 33.7 Å². The van der Waals surface area contributed by atoms with Crippen LogP contribution in [0.25, 0.3) is 5.69 Å². The van der Waals surface area contributed by atoms with Crippen molar-refractivity contribution in [2.24, 2.45) is 0 Å². The van der Waals surface area contributed by atoms with Crippen molar-refractivity contribution in [3.05, 3.63) is 82.9 Å². The van der Waals surface area contributed by atoms with Gasteiger partial charge in [0.1, 0.15) is 11.6 Å². The maximum absolute atomic E-state index is 13.2. The quantitative estimate of drug-likeness (QED) is 0.403. The molecule has 6 heteroatoms. The second kappa shape index (κ2) is 9.39. The summed E-state index contributed by atoms with van der Waals surface area (Å²) < 4.78 is 25.5. The fourth-order valence-corrected chi connectivity index (χ4v) is 3.47. The van der Waals surface area contributed by atoms with Crippen LogP contribution in [0.3, 0.4) is 0 Å². The summed E-state index contributed by atoms with van der Waals surface area (Å²) in [7, 11) is 1.58. The molecule has 3 aromatic rings. The number of carbonyl (C=O) groups excluding carboxylic acids is 2. The van der Waals surface area contributed by atoms with Crippen molar-refractivity contribution in [2.75, 3.05) is 13.7 Å². The van der Waals surface area contributed by atoms with Crippen LogP contribution in [0.2, 0.25) is 0 Å². The van der Waals surface area contributed by atoms with Gasteiger partial charge in [-0.2, -0.15) is 0 Å². The highest BCUT2D eigenvalue weighted by Crippen LogP contribution is 2.22. The predicted molar refractivity (Wildman–Crippen MR) is 112 cm³/mol. The number of rotatable bonds is 8. The Labute approximate surface area is 175 Å². The monoisotopic (exact) mass is 409 g/mol. The molecule has 0 aliphatic carbocycles. The van der Waals surface area contributed by atoms with E-state index in [0.29, 0.717) is 17.7 Å². The SMILES string of the molecule is COc1ccccc1CCC(=O)OCC(=O)c1cc(C)n(-c2ccc(F)cc2)c1C. The highest BCUT2D eigenvalue weighted by molar-refractivity contribution is 5.99. The van der Waals surface area contributed by atoms with Crippen LogP contribution < -0.4 is 4.74 Å². The number of ether oxygens (including phenoxy) is 2. The smallest absolute Gasteiger partial charge is 0.306 e. The predicted octanol–water partition coefficient (Wildman–Crippen LogP) is 4.60. The van der Waals surface area contributed by atoms with Crippen molar-refractivity contribution in [2.45, 2.75) is 26.7 Å². The molecule has 5 nitrogen and oxygen atoms in total. The average Bonchev–Trinajstić information content (AvgIpc) is 3.05. The number of methoxy groups -OCH3 is 1. The van der Waals surface area contributed by atoms with Gasteiger partial charge in [0.2, 0.25) is 5.78 Å². The molecule has 0 amide bonds. The van der Waals surface area contributed by atoms with Crippen LogP contribution in [0.4, 0.5) is 4.39 Å². The molecular weight excluding hydrogens is 385 g/mol. The molecule has 0 N–H and O–H groups in total. The number of carbonyl (C=O) groups is 2. The second-order valence-electron chi connectivity index (χ2n) is 6.99. The van der Waals surface area contributed by atoms with Crippen LogP contribution in [0, 0.1) is 19.7 Å². The van der Waals surface area contributed by atoms with Gasteiger partial charge >= 0.3 is 5.97 Å². The molecule has 0 spiro atoms. The van der Waals surface area contributed by atoms with Crippen LogP contribution in [0.15, 0.2) is 54.6 Å². The molecule has 0 radical (unpaired) electrons. The first-order chi connectivity index (χ1) is 14.4. The van der Waals surface area contributed by atoms with Gasteiger partial charge in [-0.1, -0.05) is 18.2 Å². The number of nitrogens with zero attached hydrogens (tertiary/aromatic N) is 1. The Kier molecular flexibility index (Phi) is 6.67. The number of aromatic nitrogens is 1. The lowest BCUT2D eigenvalue weighted by atomic mass is 10.1. The van der Waals surface area contributed by atoms with E-state index in [-0.39, 0.29) is 24.6 Å². The zero-order valence-corrected chi connectivity index (χ0v) is 17.3. The Bertz CT molecular complexity index is 1050. The van der Waals surface area contributed by atoms with Crippen LogP contribution in [-0.2, 0) is 16.0 Å².